The minimum absolute atomic E-state index is 0.0790. The number of carboxylic acid groups (broad SMARTS) is 1. The molecule has 1 aliphatic rings. The first-order valence-electron chi connectivity index (χ1n) is 8.14. The Morgan fingerprint density at radius 3 is 2.59 bits per heavy atom. The third-order valence-corrected chi connectivity index (χ3v) is 4.16. The summed E-state index contributed by atoms with van der Waals surface area (Å²) in [6, 6.07) is 11.7. The molecule has 1 aliphatic heterocycles. The normalized spacial score (nSPS) is 16.7. The third kappa shape index (κ3) is 3.70. The number of hydrogen-bond acceptors (Lipinski definition) is 6. The second kappa shape index (κ2) is 7.38. The van der Waals surface area contributed by atoms with Crippen LogP contribution in [0.2, 0.25) is 0 Å². The molecule has 138 valence electrons. The van der Waals surface area contributed by atoms with Gasteiger partial charge >= 0.3 is 5.97 Å². The van der Waals surface area contributed by atoms with Gasteiger partial charge in [-0.25, -0.2) is 4.79 Å². The van der Waals surface area contributed by atoms with Crippen LogP contribution in [-0.4, -0.2) is 28.9 Å². The lowest BCUT2D eigenvalue weighted by Gasteiger charge is -2.13. The lowest BCUT2D eigenvalue weighted by Crippen LogP contribution is -2.27. The summed E-state index contributed by atoms with van der Waals surface area (Å²) in [5.74, 6) is 3.17. The van der Waals surface area contributed by atoms with Crippen LogP contribution < -0.4 is 15.7 Å². The van der Waals surface area contributed by atoms with Crippen LogP contribution in [-0.2, 0) is 4.79 Å². The number of carbonyl (C=O) groups is 2. The Labute approximate surface area is 155 Å². The van der Waals surface area contributed by atoms with Gasteiger partial charge in [-0.1, -0.05) is 17.7 Å². The van der Waals surface area contributed by atoms with Crippen molar-refractivity contribution in [1.29, 1.82) is 0 Å². The largest absolute Gasteiger partial charge is 0.478 e. The SMILES string of the molecule is CC1=NN(c2ccc(C)cc2)C(=O)C1C=Nc1ccc(ON)cc1C(=O)O. The smallest absolute Gasteiger partial charge is 0.338 e. The number of aromatic carboxylic acids is 1. The Balaban J connectivity index is 1.86. The van der Waals surface area contributed by atoms with Crippen molar-refractivity contribution in [2.24, 2.45) is 21.9 Å². The summed E-state index contributed by atoms with van der Waals surface area (Å²) in [5.41, 5.74) is 2.43. The van der Waals surface area contributed by atoms with E-state index in [-0.39, 0.29) is 22.9 Å². The Bertz CT molecular complexity index is 951. The van der Waals surface area contributed by atoms with E-state index in [2.05, 4.69) is 14.9 Å². The summed E-state index contributed by atoms with van der Waals surface area (Å²) in [6.45, 7) is 3.69. The molecule has 0 fully saturated rings. The van der Waals surface area contributed by atoms with E-state index < -0.39 is 11.9 Å². The summed E-state index contributed by atoms with van der Waals surface area (Å²) >= 11 is 0. The van der Waals surface area contributed by atoms with Crippen LogP contribution >= 0.6 is 0 Å². The zero-order valence-electron chi connectivity index (χ0n) is 14.8. The summed E-state index contributed by atoms with van der Waals surface area (Å²) in [7, 11) is 0. The molecule has 2 aromatic rings. The molecule has 0 saturated carbocycles. The maximum atomic E-state index is 12.7. The van der Waals surface area contributed by atoms with Crippen molar-refractivity contribution in [2.75, 3.05) is 5.01 Å². The van der Waals surface area contributed by atoms with Crippen LogP contribution in [0.5, 0.6) is 5.75 Å². The molecule has 3 N–H and O–H groups in total. The zero-order valence-corrected chi connectivity index (χ0v) is 14.8. The average Bonchev–Trinajstić information content (AvgIpc) is 2.94. The van der Waals surface area contributed by atoms with Crippen LogP contribution in [0.1, 0.15) is 22.8 Å². The second-order valence-electron chi connectivity index (χ2n) is 6.08. The van der Waals surface area contributed by atoms with Crippen LogP contribution in [0, 0.1) is 12.8 Å². The molecule has 2 aromatic carbocycles. The Kier molecular flexibility index (Phi) is 5.00. The van der Waals surface area contributed by atoms with Crippen molar-refractivity contribution in [3.05, 3.63) is 53.6 Å². The molecule has 3 rings (SSSR count). The minimum Gasteiger partial charge on any atom is -0.478 e. The van der Waals surface area contributed by atoms with Gasteiger partial charge in [0.1, 0.15) is 11.7 Å². The molecule has 0 bridgehead atoms. The Hall–Kier alpha value is -3.52. The van der Waals surface area contributed by atoms with Gasteiger partial charge in [0, 0.05) is 6.21 Å². The molecule has 0 saturated heterocycles. The molecule has 27 heavy (non-hydrogen) atoms. The molecule has 1 amide bonds. The van der Waals surface area contributed by atoms with Crippen molar-refractivity contribution < 1.29 is 19.5 Å². The number of aryl methyl sites for hydroxylation is 1. The van der Waals surface area contributed by atoms with E-state index in [0.717, 1.165) is 5.56 Å². The number of carbonyl (C=O) groups excluding carboxylic acids is 1. The third-order valence-electron chi connectivity index (χ3n) is 4.16. The number of hydrogen-bond donors (Lipinski definition) is 2. The molecule has 0 radical (unpaired) electrons. The Morgan fingerprint density at radius 2 is 1.96 bits per heavy atom. The van der Waals surface area contributed by atoms with Gasteiger partial charge in [-0.05, 0) is 44.2 Å². The predicted octanol–water partition coefficient (Wildman–Crippen LogP) is 2.69. The fourth-order valence-electron chi connectivity index (χ4n) is 2.65. The van der Waals surface area contributed by atoms with Gasteiger partial charge in [-0.15, -0.1) is 0 Å². The number of carboxylic acids is 1. The molecule has 0 aliphatic carbocycles. The lowest BCUT2D eigenvalue weighted by molar-refractivity contribution is -0.118. The topological polar surface area (TPSA) is 118 Å². The van der Waals surface area contributed by atoms with E-state index in [1.165, 1.54) is 29.4 Å². The number of aliphatic imine (C=N–C) groups is 1. The first kappa shape index (κ1) is 18.3. The highest BCUT2D eigenvalue weighted by atomic mass is 16.6. The molecule has 0 spiro atoms. The van der Waals surface area contributed by atoms with Gasteiger partial charge in [-0.2, -0.15) is 16.0 Å². The zero-order chi connectivity index (χ0) is 19.6. The fourth-order valence-corrected chi connectivity index (χ4v) is 2.65. The highest BCUT2D eigenvalue weighted by Crippen LogP contribution is 2.27. The molecule has 8 nitrogen and oxygen atoms in total. The van der Waals surface area contributed by atoms with Crippen molar-refractivity contribution in [3.8, 4) is 5.75 Å². The standard InChI is InChI=1S/C19H18N4O4/c1-11-3-5-13(6-4-11)23-18(24)16(12(2)22-23)10-21-17-8-7-14(27-20)9-15(17)19(25)26/h3-10,16H,20H2,1-2H3,(H,25,26). The predicted molar refractivity (Wildman–Crippen MR) is 102 cm³/mol. The van der Waals surface area contributed by atoms with Crippen molar-refractivity contribution >= 4 is 35.2 Å². The molecular formula is C19H18N4O4. The van der Waals surface area contributed by atoms with E-state index in [4.69, 9.17) is 5.90 Å². The van der Waals surface area contributed by atoms with E-state index in [9.17, 15) is 14.7 Å². The quantitative estimate of drug-likeness (QED) is 0.623. The molecule has 1 atom stereocenters. The van der Waals surface area contributed by atoms with Gasteiger partial charge in [0.2, 0.25) is 0 Å². The number of hydrazone groups is 1. The van der Waals surface area contributed by atoms with Crippen molar-refractivity contribution in [1.82, 2.24) is 0 Å². The van der Waals surface area contributed by atoms with Gasteiger partial charge in [0.05, 0.1) is 22.6 Å². The van der Waals surface area contributed by atoms with E-state index in [1.807, 2.05) is 31.2 Å². The summed E-state index contributed by atoms with van der Waals surface area (Å²) < 4.78 is 0. The molecule has 0 aromatic heterocycles. The minimum atomic E-state index is -1.18. The van der Waals surface area contributed by atoms with E-state index in [1.54, 1.807) is 6.92 Å². The first-order chi connectivity index (χ1) is 12.9. The van der Waals surface area contributed by atoms with Crippen LogP contribution in [0.25, 0.3) is 0 Å². The van der Waals surface area contributed by atoms with Gasteiger partial charge in [-0.3, -0.25) is 9.79 Å². The molecule has 1 heterocycles. The Morgan fingerprint density at radius 1 is 1.26 bits per heavy atom. The number of nitrogens with two attached hydrogens (primary N) is 1. The maximum absolute atomic E-state index is 12.7. The first-order valence-corrected chi connectivity index (χ1v) is 8.14. The summed E-state index contributed by atoms with van der Waals surface area (Å²) in [5, 5.41) is 15.0. The lowest BCUT2D eigenvalue weighted by atomic mass is 10.1. The van der Waals surface area contributed by atoms with Crippen LogP contribution in [0.4, 0.5) is 11.4 Å². The summed E-state index contributed by atoms with van der Waals surface area (Å²) in [4.78, 5) is 32.9. The highest BCUT2D eigenvalue weighted by molar-refractivity contribution is 6.23. The number of anilines is 1. The second-order valence-corrected chi connectivity index (χ2v) is 6.08. The fraction of sp³-hybridized carbons (Fsp3) is 0.158. The maximum Gasteiger partial charge on any atom is 0.338 e. The molecular weight excluding hydrogens is 348 g/mol. The molecule has 8 heteroatoms. The van der Waals surface area contributed by atoms with Gasteiger partial charge in [0.25, 0.3) is 5.91 Å². The number of amides is 1. The number of rotatable bonds is 5. The molecule has 1 unspecified atom stereocenters. The van der Waals surface area contributed by atoms with Crippen LogP contribution in [0.3, 0.4) is 0 Å². The van der Waals surface area contributed by atoms with Crippen molar-refractivity contribution in [2.45, 2.75) is 13.8 Å². The number of nitrogens with zero attached hydrogens (tertiary/aromatic N) is 3. The van der Waals surface area contributed by atoms with Gasteiger partial charge in [0.15, 0.2) is 0 Å². The number of benzene rings is 2. The highest BCUT2D eigenvalue weighted by Gasteiger charge is 2.33. The van der Waals surface area contributed by atoms with E-state index >= 15 is 0 Å². The van der Waals surface area contributed by atoms with Crippen molar-refractivity contribution in [3.63, 3.8) is 0 Å². The van der Waals surface area contributed by atoms with Gasteiger partial charge < -0.3 is 9.94 Å². The van der Waals surface area contributed by atoms with Crippen LogP contribution in [0.15, 0.2) is 52.6 Å². The average molecular weight is 366 g/mol. The summed E-state index contributed by atoms with van der Waals surface area (Å²) in [6.07, 6.45) is 1.40. The monoisotopic (exact) mass is 366 g/mol. The van der Waals surface area contributed by atoms with E-state index in [0.29, 0.717) is 11.4 Å².